The van der Waals surface area contributed by atoms with Crippen molar-refractivity contribution < 1.29 is 32.4 Å². The predicted octanol–water partition coefficient (Wildman–Crippen LogP) is 1.65. The van der Waals surface area contributed by atoms with Crippen LogP contribution in [0.2, 0.25) is 0 Å². The number of nitrogens with zero attached hydrogens (tertiary/aromatic N) is 2. The number of carbonyl (C=O) groups is 5. The molecule has 2 fully saturated rings. The Hall–Kier alpha value is -3.00. The van der Waals surface area contributed by atoms with Crippen LogP contribution in [0, 0.1) is 28.6 Å². The maximum atomic E-state index is 14.3. The van der Waals surface area contributed by atoms with Gasteiger partial charge in [-0.1, -0.05) is 74.3 Å². The van der Waals surface area contributed by atoms with Gasteiger partial charge in [0.2, 0.25) is 27.6 Å². The second-order valence-electron chi connectivity index (χ2n) is 14.6. The van der Waals surface area contributed by atoms with E-state index in [1.807, 2.05) is 55.4 Å². The summed E-state index contributed by atoms with van der Waals surface area (Å²) in [5.41, 5.74) is -0.960. The lowest BCUT2D eigenvalue weighted by Gasteiger charge is -2.38. The van der Waals surface area contributed by atoms with E-state index in [0.717, 1.165) is 6.26 Å². The van der Waals surface area contributed by atoms with Gasteiger partial charge in [0.15, 0.2) is 0 Å². The van der Waals surface area contributed by atoms with Crippen LogP contribution in [0.1, 0.15) is 74.7 Å². The average molecular weight is 669 g/mol. The van der Waals surface area contributed by atoms with E-state index in [0.29, 0.717) is 19.4 Å². The Morgan fingerprint density at radius 2 is 1.70 bits per heavy atom. The second kappa shape index (κ2) is 15.3. The van der Waals surface area contributed by atoms with Crippen molar-refractivity contribution in [2.45, 2.75) is 98.8 Å². The number of fused-ring (bicyclic) bond motifs is 1. The molecule has 1 saturated heterocycles. The van der Waals surface area contributed by atoms with Crippen molar-refractivity contribution in [1.82, 2.24) is 30.5 Å². The molecule has 4 N–H and O–H groups in total. The molecular formula is C32H56N6O7S. The topological polar surface area (TPSA) is 174 Å². The lowest BCUT2D eigenvalue weighted by Crippen LogP contribution is -2.62. The van der Waals surface area contributed by atoms with Gasteiger partial charge in [-0.2, -0.15) is 0 Å². The molecular weight excluding hydrogens is 612 g/mol. The van der Waals surface area contributed by atoms with Crippen LogP contribution in [-0.4, -0.2) is 104 Å². The van der Waals surface area contributed by atoms with Gasteiger partial charge >= 0.3 is 6.03 Å². The fraction of sp³-hybridized carbons (Fsp3) is 0.781. The monoisotopic (exact) mass is 668 g/mol. The van der Waals surface area contributed by atoms with E-state index >= 15 is 0 Å². The zero-order valence-corrected chi connectivity index (χ0v) is 30.0. The van der Waals surface area contributed by atoms with Crippen LogP contribution >= 0.6 is 0 Å². The molecule has 1 saturated carbocycles. The molecule has 2 rings (SSSR count). The summed E-state index contributed by atoms with van der Waals surface area (Å²) in [6.07, 6.45) is 4.03. The minimum absolute atomic E-state index is 0.0548. The summed E-state index contributed by atoms with van der Waals surface area (Å²) >= 11 is 0. The molecule has 5 amide bonds. The summed E-state index contributed by atoms with van der Waals surface area (Å²) < 4.78 is 25.3. The minimum atomic E-state index is -3.48. The number of Topliss-reactive ketones (excluding diaryl/α,β-unsaturated/α-hetero) is 1. The maximum Gasteiger partial charge on any atom is 0.315 e. The Bertz CT molecular complexity index is 1280. The molecule has 2 aliphatic rings. The summed E-state index contributed by atoms with van der Waals surface area (Å²) in [5.74, 6) is -2.67. The fourth-order valence-corrected chi connectivity index (χ4v) is 6.69. The van der Waals surface area contributed by atoms with Gasteiger partial charge < -0.3 is 26.2 Å². The number of urea groups is 1. The van der Waals surface area contributed by atoms with Crippen molar-refractivity contribution in [2.75, 3.05) is 32.9 Å². The Labute approximate surface area is 275 Å². The first-order valence-electron chi connectivity index (χ1n) is 16.1. The predicted molar refractivity (Wildman–Crippen MR) is 177 cm³/mol. The van der Waals surface area contributed by atoms with E-state index in [2.05, 4.69) is 27.8 Å². The standard InChI is InChI=1S/C32H56N6O7S/c1-12-15-21(25(39)28(41)33-16-13-2)34-27(40)24-23-20(32(23,8)9)17-38(24)29(42)26(31(5,6)7)36-30(43)35-22(19(4)14-3)18-37(10)46(11,44)45/h13,19-24,26H,2,12,14-18H2,1,3-11H3,(H,33,41)(H,34,40)(H2,35,36,43)/t19-,20-,21?,22+,23-,24-,26+/m0/s1. The highest BCUT2D eigenvalue weighted by Gasteiger charge is 2.70. The van der Waals surface area contributed by atoms with Crippen LogP contribution in [-0.2, 0) is 29.2 Å². The molecule has 0 bridgehead atoms. The molecule has 0 spiro atoms. The quantitative estimate of drug-likeness (QED) is 0.143. The SMILES string of the molecule is C=CCNC(=O)C(=O)C(CCC)NC(=O)[C@@H]1[C@@H]2[C@H](CN1C(=O)[C@@H](NC(=O)N[C@H](CN(C)S(C)(=O)=O)[C@@H](C)CC)C(C)(C)C)C2(C)C. The third-order valence-corrected chi connectivity index (χ3v) is 10.9. The number of likely N-dealkylation sites (N-methyl/N-ethyl adjacent to an activating group) is 1. The van der Waals surface area contributed by atoms with E-state index in [1.165, 1.54) is 22.3 Å². The van der Waals surface area contributed by atoms with Crippen molar-refractivity contribution in [3.8, 4) is 0 Å². The molecule has 13 nitrogen and oxygen atoms in total. The first-order valence-corrected chi connectivity index (χ1v) is 18.0. The van der Waals surface area contributed by atoms with Gasteiger partial charge in [0, 0.05) is 32.7 Å². The molecule has 0 aromatic carbocycles. The number of rotatable bonds is 16. The highest BCUT2D eigenvalue weighted by atomic mass is 32.2. The van der Waals surface area contributed by atoms with E-state index in [4.69, 9.17) is 0 Å². The number of hydrogen-bond donors (Lipinski definition) is 4. The summed E-state index contributed by atoms with van der Waals surface area (Å²) in [7, 11) is -2.03. The number of likely N-dealkylation sites (tertiary alicyclic amines) is 1. The molecule has 46 heavy (non-hydrogen) atoms. The van der Waals surface area contributed by atoms with Gasteiger partial charge in [-0.15, -0.1) is 6.58 Å². The van der Waals surface area contributed by atoms with Crippen LogP contribution in [0.3, 0.4) is 0 Å². The van der Waals surface area contributed by atoms with Gasteiger partial charge in [0.25, 0.3) is 5.91 Å². The number of hydrogen-bond acceptors (Lipinski definition) is 7. The molecule has 1 aliphatic carbocycles. The molecule has 0 radical (unpaired) electrons. The highest BCUT2D eigenvalue weighted by Crippen LogP contribution is 2.65. The highest BCUT2D eigenvalue weighted by molar-refractivity contribution is 7.88. The summed E-state index contributed by atoms with van der Waals surface area (Å²) in [6, 6.07) is -4.10. The van der Waals surface area contributed by atoms with Gasteiger partial charge in [-0.25, -0.2) is 17.5 Å². The van der Waals surface area contributed by atoms with Crippen LogP contribution < -0.4 is 21.3 Å². The lowest BCUT2D eigenvalue weighted by atomic mass is 9.85. The minimum Gasteiger partial charge on any atom is -0.346 e. The molecule has 0 aromatic rings. The smallest absolute Gasteiger partial charge is 0.315 e. The second-order valence-corrected chi connectivity index (χ2v) is 16.6. The fourth-order valence-electron chi connectivity index (χ4n) is 6.26. The number of piperidine rings is 1. The van der Waals surface area contributed by atoms with Crippen molar-refractivity contribution in [2.24, 2.45) is 28.6 Å². The van der Waals surface area contributed by atoms with Gasteiger partial charge in [-0.05, 0) is 35.0 Å². The first-order chi connectivity index (χ1) is 21.1. The summed E-state index contributed by atoms with van der Waals surface area (Å²) in [6.45, 7) is 19.2. The Balaban J connectivity index is 2.32. The van der Waals surface area contributed by atoms with Crippen molar-refractivity contribution >= 4 is 39.6 Å². The summed E-state index contributed by atoms with van der Waals surface area (Å²) in [5, 5.41) is 10.9. The zero-order valence-electron chi connectivity index (χ0n) is 29.2. The molecule has 1 aliphatic heterocycles. The maximum absolute atomic E-state index is 14.3. The number of amides is 5. The van der Waals surface area contributed by atoms with E-state index in [1.54, 1.807) is 0 Å². The van der Waals surface area contributed by atoms with E-state index in [-0.39, 0.29) is 42.7 Å². The Morgan fingerprint density at radius 3 is 2.20 bits per heavy atom. The van der Waals surface area contributed by atoms with Crippen LogP contribution in [0.25, 0.3) is 0 Å². The van der Waals surface area contributed by atoms with Crippen LogP contribution in [0.4, 0.5) is 4.79 Å². The van der Waals surface area contributed by atoms with Gasteiger partial charge in [-0.3, -0.25) is 19.2 Å². The first kappa shape index (κ1) is 39.2. The van der Waals surface area contributed by atoms with Crippen molar-refractivity contribution in [3.63, 3.8) is 0 Å². The number of nitrogens with one attached hydrogen (secondary N) is 4. The Morgan fingerprint density at radius 1 is 1.09 bits per heavy atom. The van der Waals surface area contributed by atoms with Crippen molar-refractivity contribution in [3.05, 3.63) is 12.7 Å². The molecule has 1 heterocycles. The normalized spacial score (nSPS) is 22.9. The van der Waals surface area contributed by atoms with E-state index < -0.39 is 69.1 Å². The van der Waals surface area contributed by atoms with Crippen LogP contribution in [0.5, 0.6) is 0 Å². The number of ketones is 1. The van der Waals surface area contributed by atoms with Gasteiger partial charge in [0.05, 0.1) is 12.3 Å². The molecule has 14 heteroatoms. The summed E-state index contributed by atoms with van der Waals surface area (Å²) in [4.78, 5) is 68.4. The molecule has 1 unspecified atom stereocenters. The Kier molecular flexibility index (Phi) is 13.0. The third kappa shape index (κ3) is 9.30. The average Bonchev–Trinajstić information content (AvgIpc) is 3.27. The number of carbonyl (C=O) groups excluding carboxylic acids is 5. The molecule has 7 atom stereocenters. The van der Waals surface area contributed by atoms with Crippen molar-refractivity contribution in [1.29, 1.82) is 0 Å². The molecule has 0 aromatic heterocycles. The third-order valence-electron chi connectivity index (χ3n) is 9.66. The molecule has 262 valence electrons. The lowest BCUT2D eigenvalue weighted by molar-refractivity contribution is -0.145. The van der Waals surface area contributed by atoms with E-state index in [9.17, 15) is 32.4 Å². The number of sulfonamides is 1. The zero-order chi connectivity index (χ0) is 35.4. The van der Waals surface area contributed by atoms with Crippen LogP contribution in [0.15, 0.2) is 12.7 Å². The van der Waals surface area contributed by atoms with Gasteiger partial charge in [0.1, 0.15) is 12.1 Å². The largest absolute Gasteiger partial charge is 0.346 e.